The minimum Gasteiger partial charge on any atom is -0.381 e. The maximum absolute atomic E-state index is 13.7. The summed E-state index contributed by atoms with van der Waals surface area (Å²) in [6.45, 7) is 1.39. The van der Waals surface area contributed by atoms with Crippen molar-refractivity contribution in [1.29, 1.82) is 0 Å². The van der Waals surface area contributed by atoms with Gasteiger partial charge in [-0.3, -0.25) is 0 Å². The topological polar surface area (TPSA) is 49.4 Å². The van der Waals surface area contributed by atoms with Crippen molar-refractivity contribution in [2.45, 2.75) is 12.8 Å². The van der Waals surface area contributed by atoms with E-state index in [1.807, 2.05) is 0 Å². The number of sulfonamides is 1. The first-order valence-corrected chi connectivity index (χ1v) is 9.25. The third-order valence-corrected chi connectivity index (χ3v) is 5.42. The number of benzene rings is 1. The van der Waals surface area contributed by atoms with Gasteiger partial charge < -0.3 is 5.32 Å². The molecule has 0 aromatic heterocycles. The summed E-state index contributed by atoms with van der Waals surface area (Å²) in [6.07, 6.45) is 2.85. The summed E-state index contributed by atoms with van der Waals surface area (Å²) in [6, 6.07) is 2.01. The molecule has 8 heteroatoms. The number of nitrogens with zero attached hydrogens (tertiary/aromatic N) is 1. The fourth-order valence-corrected chi connectivity index (χ4v) is 3.94. The molecule has 0 radical (unpaired) electrons. The van der Waals surface area contributed by atoms with E-state index in [-0.39, 0.29) is 11.6 Å². The average Bonchev–Trinajstić information content (AvgIpc) is 2.36. The fourth-order valence-electron chi connectivity index (χ4n) is 2.45. The smallest absolute Gasteiger partial charge is 0.211 e. The van der Waals surface area contributed by atoms with Crippen molar-refractivity contribution in [2.24, 2.45) is 5.92 Å². The third kappa shape index (κ3) is 4.37. The van der Waals surface area contributed by atoms with E-state index >= 15 is 0 Å². The highest BCUT2D eigenvalue weighted by molar-refractivity contribution is 9.10. The zero-order valence-corrected chi connectivity index (χ0v) is 14.0. The number of nitrogens with one attached hydrogen (secondary N) is 1. The summed E-state index contributed by atoms with van der Waals surface area (Å²) in [5.41, 5.74) is 0.202. The number of anilines is 1. The molecule has 0 saturated carbocycles. The van der Waals surface area contributed by atoms with Gasteiger partial charge in [-0.2, -0.15) is 0 Å². The molecule has 2 rings (SSSR count). The van der Waals surface area contributed by atoms with Gasteiger partial charge in [0.25, 0.3) is 0 Å². The van der Waals surface area contributed by atoms with E-state index in [0.29, 0.717) is 24.1 Å². The van der Waals surface area contributed by atoms with Gasteiger partial charge >= 0.3 is 0 Å². The number of halogens is 3. The van der Waals surface area contributed by atoms with Crippen molar-refractivity contribution >= 4 is 31.6 Å². The Hall–Kier alpha value is -0.730. The lowest BCUT2D eigenvalue weighted by Crippen LogP contribution is -2.41. The number of hydrogen-bond donors (Lipinski definition) is 1. The first kappa shape index (κ1) is 16.6. The molecular formula is C13H17BrF2N2O2S. The Kier molecular flexibility index (Phi) is 5.21. The van der Waals surface area contributed by atoms with Crippen LogP contribution < -0.4 is 5.32 Å². The second-order valence-corrected chi connectivity index (χ2v) is 8.09. The predicted molar refractivity (Wildman–Crippen MR) is 81.7 cm³/mol. The molecule has 0 aliphatic carbocycles. The summed E-state index contributed by atoms with van der Waals surface area (Å²) in [7, 11) is -3.19. The monoisotopic (exact) mass is 382 g/mol. The van der Waals surface area contributed by atoms with Crippen LogP contribution in [0.3, 0.4) is 0 Å². The lowest BCUT2D eigenvalue weighted by Gasteiger charge is -2.31. The molecule has 1 aromatic rings. The Balaban J connectivity index is 2.00. The van der Waals surface area contributed by atoms with E-state index in [4.69, 9.17) is 0 Å². The summed E-state index contributed by atoms with van der Waals surface area (Å²) in [5, 5.41) is 2.94. The standard InChI is InChI=1S/C13H17BrF2N2O2S/c1-21(19,20)18-4-2-3-9(8-18)7-17-13-11(14)5-10(15)6-12(13)16/h5-6,9,17H,2-4,7-8H2,1H3. The van der Waals surface area contributed by atoms with E-state index in [2.05, 4.69) is 21.2 Å². The van der Waals surface area contributed by atoms with Gasteiger partial charge in [0.1, 0.15) is 11.6 Å². The molecule has 1 saturated heterocycles. The van der Waals surface area contributed by atoms with Gasteiger partial charge in [0.05, 0.1) is 11.9 Å². The van der Waals surface area contributed by atoms with Gasteiger partial charge in [-0.15, -0.1) is 0 Å². The maximum Gasteiger partial charge on any atom is 0.211 e. The molecule has 0 bridgehead atoms. The van der Waals surface area contributed by atoms with Gasteiger partial charge in [0.15, 0.2) is 0 Å². The first-order chi connectivity index (χ1) is 9.77. The molecule has 1 aliphatic heterocycles. The van der Waals surface area contributed by atoms with Crippen molar-refractivity contribution in [3.8, 4) is 0 Å². The van der Waals surface area contributed by atoms with Crippen LogP contribution in [0.15, 0.2) is 16.6 Å². The molecule has 1 unspecified atom stereocenters. The van der Waals surface area contributed by atoms with Gasteiger partial charge in [-0.05, 0) is 40.8 Å². The maximum atomic E-state index is 13.7. The largest absolute Gasteiger partial charge is 0.381 e. The molecule has 0 amide bonds. The molecule has 1 heterocycles. The molecule has 21 heavy (non-hydrogen) atoms. The zero-order valence-electron chi connectivity index (χ0n) is 11.6. The van der Waals surface area contributed by atoms with Crippen LogP contribution in [-0.4, -0.2) is 38.6 Å². The number of rotatable bonds is 4. The lowest BCUT2D eigenvalue weighted by molar-refractivity contribution is 0.276. The van der Waals surface area contributed by atoms with Gasteiger partial charge in [-0.1, -0.05) is 0 Å². The van der Waals surface area contributed by atoms with Crippen molar-refractivity contribution < 1.29 is 17.2 Å². The average molecular weight is 383 g/mol. The van der Waals surface area contributed by atoms with Crippen molar-refractivity contribution in [3.05, 3.63) is 28.2 Å². The third-order valence-electron chi connectivity index (χ3n) is 3.53. The van der Waals surface area contributed by atoms with Crippen LogP contribution in [0.2, 0.25) is 0 Å². The van der Waals surface area contributed by atoms with E-state index in [9.17, 15) is 17.2 Å². The first-order valence-electron chi connectivity index (χ1n) is 6.61. The highest BCUT2D eigenvalue weighted by atomic mass is 79.9. The van der Waals surface area contributed by atoms with Gasteiger partial charge in [0, 0.05) is 30.2 Å². The molecule has 0 spiro atoms. The van der Waals surface area contributed by atoms with Crippen molar-refractivity contribution in [2.75, 3.05) is 31.2 Å². The van der Waals surface area contributed by atoms with E-state index in [1.54, 1.807) is 0 Å². The lowest BCUT2D eigenvalue weighted by atomic mass is 9.99. The highest BCUT2D eigenvalue weighted by Gasteiger charge is 2.26. The predicted octanol–water partition coefficient (Wildman–Crippen LogP) is 2.81. The Bertz CT molecular complexity index is 602. The van der Waals surface area contributed by atoms with Crippen molar-refractivity contribution in [3.63, 3.8) is 0 Å². The summed E-state index contributed by atoms with van der Waals surface area (Å²) < 4.78 is 51.6. The highest BCUT2D eigenvalue weighted by Crippen LogP contribution is 2.28. The Morgan fingerprint density at radius 2 is 2.14 bits per heavy atom. The van der Waals surface area contributed by atoms with Crippen LogP contribution in [0.25, 0.3) is 0 Å². The second-order valence-electron chi connectivity index (χ2n) is 5.25. The summed E-state index contributed by atoms with van der Waals surface area (Å²) in [4.78, 5) is 0. The number of piperidine rings is 1. The minimum atomic E-state index is -3.19. The van der Waals surface area contributed by atoms with Crippen molar-refractivity contribution in [1.82, 2.24) is 4.31 Å². The van der Waals surface area contributed by atoms with E-state index in [0.717, 1.165) is 18.9 Å². The van der Waals surface area contributed by atoms with Crippen LogP contribution in [0.5, 0.6) is 0 Å². The molecule has 1 N–H and O–H groups in total. The van der Waals surface area contributed by atoms with Crippen LogP contribution in [0.1, 0.15) is 12.8 Å². The fraction of sp³-hybridized carbons (Fsp3) is 0.538. The molecule has 4 nitrogen and oxygen atoms in total. The SMILES string of the molecule is CS(=O)(=O)N1CCCC(CNc2c(F)cc(F)cc2Br)C1. The summed E-state index contributed by atoms with van der Waals surface area (Å²) in [5.74, 6) is -1.21. The molecular weight excluding hydrogens is 366 g/mol. The zero-order chi connectivity index (χ0) is 15.6. The van der Waals surface area contributed by atoms with Crippen LogP contribution >= 0.6 is 15.9 Å². The summed E-state index contributed by atoms with van der Waals surface area (Å²) >= 11 is 3.12. The minimum absolute atomic E-state index is 0.102. The van der Waals surface area contributed by atoms with Crippen LogP contribution in [-0.2, 0) is 10.0 Å². The van der Waals surface area contributed by atoms with E-state index in [1.165, 1.54) is 16.6 Å². The van der Waals surface area contributed by atoms with Crippen LogP contribution in [0.4, 0.5) is 14.5 Å². The van der Waals surface area contributed by atoms with E-state index < -0.39 is 21.7 Å². The van der Waals surface area contributed by atoms with Crippen LogP contribution in [0, 0.1) is 17.6 Å². The Morgan fingerprint density at radius 3 is 2.76 bits per heavy atom. The molecule has 118 valence electrons. The van der Waals surface area contributed by atoms with Gasteiger partial charge in [0.2, 0.25) is 10.0 Å². The second kappa shape index (κ2) is 6.58. The normalized spacial score (nSPS) is 20.5. The molecule has 1 aliphatic rings. The number of hydrogen-bond acceptors (Lipinski definition) is 3. The Morgan fingerprint density at radius 1 is 1.43 bits per heavy atom. The quantitative estimate of drug-likeness (QED) is 0.870. The molecule has 1 aromatic carbocycles. The Labute approximate surface area is 131 Å². The molecule has 1 fully saturated rings. The van der Waals surface area contributed by atoms with Gasteiger partial charge in [-0.25, -0.2) is 21.5 Å². The molecule has 1 atom stereocenters.